The number of likely N-dealkylation sites (N-methyl/N-ethyl adjacent to an activating group) is 1. The van der Waals surface area contributed by atoms with E-state index < -0.39 is 6.10 Å². The quantitative estimate of drug-likeness (QED) is 0.873. The average Bonchev–Trinajstić information content (AvgIpc) is 2.42. The third-order valence-electron chi connectivity index (χ3n) is 2.99. The summed E-state index contributed by atoms with van der Waals surface area (Å²) in [5.41, 5.74) is 6.45. The molecule has 106 valence electrons. The summed E-state index contributed by atoms with van der Waals surface area (Å²) in [4.78, 5) is 13.9. The fourth-order valence-electron chi connectivity index (χ4n) is 1.87. The number of halogens is 1. The van der Waals surface area contributed by atoms with Crippen molar-refractivity contribution in [1.29, 1.82) is 0 Å². The van der Waals surface area contributed by atoms with Gasteiger partial charge in [-0.25, -0.2) is 0 Å². The molecule has 1 aromatic carbocycles. The van der Waals surface area contributed by atoms with Gasteiger partial charge in [0.2, 0.25) is 0 Å². The van der Waals surface area contributed by atoms with Crippen molar-refractivity contribution in [2.24, 2.45) is 5.73 Å². The Balaban J connectivity index is 2.87. The Bertz CT molecular complexity index is 433. The van der Waals surface area contributed by atoms with Crippen LogP contribution in [-0.2, 0) is 11.3 Å². The topological polar surface area (TPSA) is 55.6 Å². The van der Waals surface area contributed by atoms with Crippen molar-refractivity contribution in [3.05, 3.63) is 28.8 Å². The van der Waals surface area contributed by atoms with E-state index in [0.717, 1.165) is 5.56 Å². The largest absolute Gasteiger partial charge is 0.479 e. The van der Waals surface area contributed by atoms with Gasteiger partial charge in [0.1, 0.15) is 5.75 Å². The van der Waals surface area contributed by atoms with Crippen LogP contribution in [0.5, 0.6) is 5.75 Å². The summed E-state index contributed by atoms with van der Waals surface area (Å²) in [5, 5.41) is 0.474. The van der Waals surface area contributed by atoms with E-state index in [1.54, 1.807) is 17.9 Å². The number of para-hydroxylation sites is 1. The highest BCUT2D eigenvalue weighted by atomic mass is 35.5. The van der Waals surface area contributed by atoms with E-state index in [1.807, 2.05) is 26.0 Å². The lowest BCUT2D eigenvalue weighted by atomic mass is 10.2. The smallest absolute Gasteiger partial charge is 0.263 e. The number of hydrogen-bond acceptors (Lipinski definition) is 3. The maximum absolute atomic E-state index is 12.1. The number of nitrogens with zero attached hydrogens (tertiary/aromatic N) is 1. The van der Waals surface area contributed by atoms with Crippen LogP contribution in [0.4, 0.5) is 0 Å². The van der Waals surface area contributed by atoms with Crippen molar-refractivity contribution in [2.75, 3.05) is 13.1 Å². The molecule has 0 radical (unpaired) electrons. The fraction of sp³-hybridized carbons (Fsp3) is 0.500. The molecule has 1 atom stereocenters. The normalized spacial score (nSPS) is 12.1. The molecule has 0 spiro atoms. The molecule has 0 bridgehead atoms. The molecule has 0 heterocycles. The number of benzene rings is 1. The monoisotopic (exact) mass is 284 g/mol. The number of hydrogen-bond donors (Lipinski definition) is 1. The van der Waals surface area contributed by atoms with Crippen LogP contribution in [0.15, 0.2) is 18.2 Å². The third-order valence-corrected chi connectivity index (χ3v) is 3.28. The Hall–Kier alpha value is -1.26. The summed E-state index contributed by atoms with van der Waals surface area (Å²) >= 11 is 6.10. The molecule has 0 aliphatic rings. The van der Waals surface area contributed by atoms with Gasteiger partial charge in [0.05, 0.1) is 5.02 Å². The number of nitrogens with two attached hydrogens (primary N) is 1. The molecule has 0 aliphatic carbocycles. The summed E-state index contributed by atoms with van der Waals surface area (Å²) in [7, 11) is 0. The SMILES string of the molecule is CCN(CC)C(=O)C(C)Oc1c(Cl)cccc1CN. The molecule has 1 rings (SSSR count). The first kappa shape index (κ1) is 15.8. The van der Waals surface area contributed by atoms with Crippen LogP contribution in [0, 0.1) is 0 Å². The highest BCUT2D eigenvalue weighted by molar-refractivity contribution is 6.32. The molecule has 1 aromatic rings. The summed E-state index contributed by atoms with van der Waals surface area (Å²) in [5.74, 6) is 0.451. The molecule has 1 amide bonds. The molecule has 4 nitrogen and oxygen atoms in total. The van der Waals surface area contributed by atoms with Gasteiger partial charge in [-0.15, -0.1) is 0 Å². The Morgan fingerprint density at radius 1 is 1.42 bits per heavy atom. The van der Waals surface area contributed by atoms with Crippen LogP contribution in [0.3, 0.4) is 0 Å². The molecule has 0 aromatic heterocycles. The fourth-order valence-corrected chi connectivity index (χ4v) is 2.10. The first-order valence-corrected chi connectivity index (χ1v) is 6.85. The zero-order chi connectivity index (χ0) is 14.4. The molecule has 1 unspecified atom stereocenters. The predicted molar refractivity (Wildman–Crippen MR) is 77.4 cm³/mol. The van der Waals surface area contributed by atoms with Crippen LogP contribution in [0.25, 0.3) is 0 Å². The predicted octanol–water partition coefficient (Wildman–Crippen LogP) is 2.43. The standard InChI is InChI=1S/C14H21ClN2O2/c1-4-17(5-2)14(18)10(3)19-13-11(9-16)7-6-8-12(13)15/h6-8,10H,4-5,9,16H2,1-3H3. The van der Waals surface area contributed by atoms with Crippen molar-refractivity contribution < 1.29 is 9.53 Å². The van der Waals surface area contributed by atoms with Gasteiger partial charge in [-0.1, -0.05) is 23.7 Å². The van der Waals surface area contributed by atoms with Crippen LogP contribution in [0.1, 0.15) is 26.3 Å². The lowest BCUT2D eigenvalue weighted by Crippen LogP contribution is -2.40. The molecule has 0 saturated heterocycles. The van der Waals surface area contributed by atoms with E-state index in [2.05, 4.69) is 0 Å². The van der Waals surface area contributed by atoms with Gasteiger partial charge in [-0.05, 0) is 26.8 Å². The Morgan fingerprint density at radius 3 is 2.58 bits per heavy atom. The first-order valence-electron chi connectivity index (χ1n) is 6.48. The van der Waals surface area contributed by atoms with E-state index in [0.29, 0.717) is 30.4 Å². The molecule has 19 heavy (non-hydrogen) atoms. The van der Waals surface area contributed by atoms with E-state index in [1.165, 1.54) is 0 Å². The third kappa shape index (κ3) is 3.85. The van der Waals surface area contributed by atoms with Crippen molar-refractivity contribution in [2.45, 2.75) is 33.4 Å². The van der Waals surface area contributed by atoms with Crippen LogP contribution in [0.2, 0.25) is 5.02 Å². The summed E-state index contributed by atoms with van der Waals surface area (Å²) < 4.78 is 5.71. The minimum Gasteiger partial charge on any atom is -0.479 e. The lowest BCUT2D eigenvalue weighted by molar-refractivity contribution is -0.137. The highest BCUT2D eigenvalue weighted by Gasteiger charge is 2.21. The molecule has 0 aliphatic heterocycles. The van der Waals surface area contributed by atoms with E-state index in [4.69, 9.17) is 22.1 Å². The minimum absolute atomic E-state index is 0.0482. The molecule has 5 heteroatoms. The van der Waals surface area contributed by atoms with Crippen LogP contribution >= 0.6 is 11.6 Å². The Morgan fingerprint density at radius 2 is 2.05 bits per heavy atom. The Labute approximate surface area is 119 Å². The number of rotatable bonds is 6. The second kappa shape index (κ2) is 7.36. The first-order chi connectivity index (χ1) is 9.04. The van der Waals surface area contributed by atoms with Gasteiger partial charge in [-0.2, -0.15) is 0 Å². The maximum atomic E-state index is 12.1. The van der Waals surface area contributed by atoms with Gasteiger partial charge >= 0.3 is 0 Å². The molecule has 0 saturated carbocycles. The van der Waals surface area contributed by atoms with Crippen LogP contribution in [-0.4, -0.2) is 30.0 Å². The Kier molecular flexibility index (Phi) is 6.12. The van der Waals surface area contributed by atoms with Gasteiger partial charge in [0.15, 0.2) is 6.10 Å². The second-order valence-corrected chi connectivity index (χ2v) is 4.61. The van der Waals surface area contributed by atoms with Crippen molar-refractivity contribution in [3.8, 4) is 5.75 Å². The zero-order valence-corrected chi connectivity index (χ0v) is 12.4. The molecule has 0 fully saturated rings. The second-order valence-electron chi connectivity index (χ2n) is 4.20. The van der Waals surface area contributed by atoms with E-state index in [9.17, 15) is 4.79 Å². The van der Waals surface area contributed by atoms with Gasteiger partial charge < -0.3 is 15.4 Å². The molecule has 2 N–H and O–H groups in total. The van der Waals surface area contributed by atoms with Crippen LogP contribution < -0.4 is 10.5 Å². The molecular weight excluding hydrogens is 264 g/mol. The van der Waals surface area contributed by atoms with Crippen molar-refractivity contribution in [1.82, 2.24) is 4.90 Å². The average molecular weight is 285 g/mol. The number of amides is 1. The molecular formula is C14H21ClN2O2. The van der Waals surface area contributed by atoms with Gasteiger partial charge in [0, 0.05) is 25.2 Å². The van der Waals surface area contributed by atoms with Crippen molar-refractivity contribution >= 4 is 17.5 Å². The zero-order valence-electron chi connectivity index (χ0n) is 11.6. The van der Waals surface area contributed by atoms with E-state index >= 15 is 0 Å². The van der Waals surface area contributed by atoms with E-state index in [-0.39, 0.29) is 5.91 Å². The highest BCUT2D eigenvalue weighted by Crippen LogP contribution is 2.29. The lowest BCUT2D eigenvalue weighted by Gasteiger charge is -2.24. The maximum Gasteiger partial charge on any atom is 0.263 e. The van der Waals surface area contributed by atoms with Gasteiger partial charge in [-0.3, -0.25) is 4.79 Å². The summed E-state index contributed by atoms with van der Waals surface area (Å²) in [6, 6.07) is 5.38. The minimum atomic E-state index is -0.579. The number of carbonyl (C=O) groups is 1. The summed E-state index contributed by atoms with van der Waals surface area (Å²) in [6.07, 6.45) is -0.579. The number of ether oxygens (including phenoxy) is 1. The van der Waals surface area contributed by atoms with Crippen molar-refractivity contribution in [3.63, 3.8) is 0 Å². The van der Waals surface area contributed by atoms with Gasteiger partial charge in [0.25, 0.3) is 5.91 Å². The number of carbonyl (C=O) groups excluding carboxylic acids is 1. The summed E-state index contributed by atoms with van der Waals surface area (Å²) in [6.45, 7) is 7.25.